The van der Waals surface area contributed by atoms with Crippen LogP contribution in [0, 0.1) is 13.8 Å². The third-order valence-electron chi connectivity index (χ3n) is 4.40. The van der Waals surface area contributed by atoms with Crippen LogP contribution in [-0.2, 0) is 5.41 Å². The lowest BCUT2D eigenvalue weighted by Crippen LogP contribution is -2.24. The minimum atomic E-state index is 0.329. The molecule has 1 aliphatic carbocycles. The monoisotopic (exact) mass is 258 g/mol. The van der Waals surface area contributed by atoms with E-state index >= 15 is 0 Å². The maximum Gasteiger partial charge on any atom is 0.119 e. The average Bonchev–Trinajstić information content (AvgIpc) is 3.05. The summed E-state index contributed by atoms with van der Waals surface area (Å²) in [6, 6.07) is 4.27. The zero-order valence-corrected chi connectivity index (χ0v) is 12.2. The minimum absolute atomic E-state index is 0.329. The van der Waals surface area contributed by atoms with Gasteiger partial charge in [0.2, 0.25) is 0 Å². The molecule has 3 rings (SSSR count). The van der Waals surface area contributed by atoms with Crippen LogP contribution in [0.1, 0.15) is 29.7 Å². The summed E-state index contributed by atoms with van der Waals surface area (Å²) in [4.78, 5) is 3.57. The lowest BCUT2D eigenvalue weighted by Gasteiger charge is -2.16. The molecule has 0 amide bonds. The van der Waals surface area contributed by atoms with Crippen LogP contribution >= 0.6 is 0 Å². The van der Waals surface area contributed by atoms with Gasteiger partial charge < -0.3 is 15.0 Å². The first-order chi connectivity index (χ1) is 9.11. The third kappa shape index (κ3) is 1.84. The molecule has 0 spiro atoms. The fraction of sp³-hybridized carbons (Fsp3) is 0.500. The van der Waals surface area contributed by atoms with Crippen LogP contribution < -0.4 is 10.1 Å². The number of hydrogen-bond donors (Lipinski definition) is 2. The highest BCUT2D eigenvalue weighted by Crippen LogP contribution is 2.51. The molecule has 2 N–H and O–H groups in total. The van der Waals surface area contributed by atoms with E-state index < -0.39 is 0 Å². The van der Waals surface area contributed by atoms with Crippen molar-refractivity contribution >= 4 is 10.9 Å². The Labute approximate surface area is 114 Å². The van der Waals surface area contributed by atoms with Crippen LogP contribution in [0.4, 0.5) is 0 Å². The summed E-state index contributed by atoms with van der Waals surface area (Å²) >= 11 is 0. The second-order valence-electron chi connectivity index (χ2n) is 5.80. The highest BCUT2D eigenvalue weighted by molar-refractivity contribution is 5.90. The van der Waals surface area contributed by atoms with E-state index in [1.807, 2.05) is 7.05 Å². The molecule has 2 aromatic rings. The number of aromatic amines is 1. The van der Waals surface area contributed by atoms with Gasteiger partial charge in [-0.05, 0) is 57.0 Å². The molecule has 3 heteroatoms. The highest BCUT2D eigenvalue weighted by Gasteiger charge is 2.46. The van der Waals surface area contributed by atoms with Gasteiger partial charge in [-0.1, -0.05) is 0 Å². The largest absolute Gasteiger partial charge is 0.497 e. The number of aromatic nitrogens is 1. The summed E-state index contributed by atoms with van der Waals surface area (Å²) in [5, 5.41) is 4.68. The van der Waals surface area contributed by atoms with Crippen molar-refractivity contribution in [2.75, 3.05) is 20.7 Å². The number of ether oxygens (including phenoxy) is 1. The Bertz CT molecular complexity index is 623. The average molecular weight is 258 g/mol. The smallest absolute Gasteiger partial charge is 0.119 e. The minimum Gasteiger partial charge on any atom is -0.497 e. The number of nitrogens with one attached hydrogen (secondary N) is 2. The second-order valence-corrected chi connectivity index (χ2v) is 5.80. The SMILES string of the molecule is CNCC1(c2c(C)[nH]c3c(C)cc(OC)cc23)CC1. The molecule has 1 aliphatic rings. The van der Waals surface area contributed by atoms with E-state index in [-0.39, 0.29) is 0 Å². The maximum absolute atomic E-state index is 5.43. The van der Waals surface area contributed by atoms with Crippen molar-refractivity contribution < 1.29 is 4.74 Å². The van der Waals surface area contributed by atoms with Crippen LogP contribution in [-0.4, -0.2) is 25.7 Å². The first-order valence-corrected chi connectivity index (χ1v) is 6.93. The Hall–Kier alpha value is -1.48. The number of methoxy groups -OCH3 is 1. The fourth-order valence-electron chi connectivity index (χ4n) is 3.37. The van der Waals surface area contributed by atoms with Gasteiger partial charge in [-0.15, -0.1) is 0 Å². The maximum atomic E-state index is 5.43. The van der Waals surface area contributed by atoms with E-state index in [1.54, 1.807) is 7.11 Å². The van der Waals surface area contributed by atoms with Gasteiger partial charge >= 0.3 is 0 Å². The lowest BCUT2D eigenvalue weighted by molar-refractivity contribution is 0.415. The number of fused-ring (bicyclic) bond motifs is 1. The van der Waals surface area contributed by atoms with E-state index in [1.165, 1.54) is 40.6 Å². The first-order valence-electron chi connectivity index (χ1n) is 6.93. The van der Waals surface area contributed by atoms with Gasteiger partial charge in [0.05, 0.1) is 7.11 Å². The molecule has 1 saturated carbocycles. The van der Waals surface area contributed by atoms with E-state index in [4.69, 9.17) is 4.74 Å². The molecule has 0 aliphatic heterocycles. The predicted octanol–water partition coefficient (Wildman–Crippen LogP) is 3.04. The molecule has 0 unspecified atom stereocenters. The molecule has 19 heavy (non-hydrogen) atoms. The van der Waals surface area contributed by atoms with Crippen molar-refractivity contribution in [3.05, 3.63) is 29.0 Å². The van der Waals surface area contributed by atoms with Gasteiger partial charge in [0.15, 0.2) is 0 Å². The van der Waals surface area contributed by atoms with Crippen LogP contribution in [0.2, 0.25) is 0 Å². The van der Waals surface area contributed by atoms with Gasteiger partial charge in [-0.2, -0.15) is 0 Å². The van der Waals surface area contributed by atoms with Crippen LogP contribution in [0.25, 0.3) is 10.9 Å². The van der Waals surface area contributed by atoms with Crippen molar-refractivity contribution in [2.45, 2.75) is 32.1 Å². The number of aryl methyl sites for hydroxylation is 2. The van der Waals surface area contributed by atoms with Gasteiger partial charge in [-0.3, -0.25) is 0 Å². The molecule has 1 fully saturated rings. The van der Waals surface area contributed by atoms with E-state index in [9.17, 15) is 0 Å². The summed E-state index contributed by atoms with van der Waals surface area (Å²) in [6.45, 7) is 5.39. The zero-order valence-electron chi connectivity index (χ0n) is 12.2. The summed E-state index contributed by atoms with van der Waals surface area (Å²) in [7, 11) is 3.77. The van der Waals surface area contributed by atoms with Crippen LogP contribution in [0.3, 0.4) is 0 Å². The molecule has 0 saturated heterocycles. The Morgan fingerprint density at radius 1 is 1.32 bits per heavy atom. The Kier molecular flexibility index (Phi) is 2.82. The fourth-order valence-corrected chi connectivity index (χ4v) is 3.37. The highest BCUT2D eigenvalue weighted by atomic mass is 16.5. The second kappa shape index (κ2) is 4.27. The van der Waals surface area contributed by atoms with Crippen molar-refractivity contribution in [2.24, 2.45) is 0 Å². The van der Waals surface area contributed by atoms with Crippen molar-refractivity contribution in [1.29, 1.82) is 0 Å². The van der Waals surface area contributed by atoms with Gasteiger partial charge in [0.1, 0.15) is 5.75 Å². The quantitative estimate of drug-likeness (QED) is 0.884. The molecule has 1 aromatic heterocycles. The van der Waals surface area contributed by atoms with Crippen molar-refractivity contribution in [1.82, 2.24) is 10.3 Å². The first kappa shape index (κ1) is 12.5. The predicted molar refractivity (Wildman–Crippen MR) is 79.2 cm³/mol. The normalized spacial score (nSPS) is 16.8. The number of hydrogen-bond acceptors (Lipinski definition) is 2. The number of benzene rings is 1. The zero-order chi connectivity index (χ0) is 13.6. The van der Waals surface area contributed by atoms with Crippen LogP contribution in [0.15, 0.2) is 12.1 Å². The summed E-state index contributed by atoms with van der Waals surface area (Å²) in [5.74, 6) is 0.950. The van der Waals surface area contributed by atoms with E-state index in [0.29, 0.717) is 5.41 Å². The molecule has 0 radical (unpaired) electrons. The van der Waals surface area contributed by atoms with Crippen molar-refractivity contribution in [3.63, 3.8) is 0 Å². The van der Waals surface area contributed by atoms with E-state index in [0.717, 1.165) is 12.3 Å². The molecule has 3 nitrogen and oxygen atoms in total. The standard InChI is InChI=1S/C16H22N2O/c1-10-7-12(19-4)8-13-14(11(2)18-15(10)13)16(5-6-16)9-17-3/h7-8,17-18H,5-6,9H2,1-4H3. The number of rotatable bonds is 4. The summed E-state index contributed by atoms with van der Waals surface area (Å²) in [6.07, 6.45) is 2.55. The molecule has 0 atom stereocenters. The van der Waals surface area contributed by atoms with Crippen LogP contribution in [0.5, 0.6) is 5.75 Å². The Balaban J connectivity index is 2.24. The van der Waals surface area contributed by atoms with Gasteiger partial charge in [0.25, 0.3) is 0 Å². The van der Waals surface area contributed by atoms with Gasteiger partial charge in [-0.25, -0.2) is 0 Å². The van der Waals surface area contributed by atoms with Gasteiger partial charge in [0, 0.05) is 28.6 Å². The summed E-state index contributed by atoms with van der Waals surface area (Å²) in [5.41, 5.74) is 5.63. The molecular weight excluding hydrogens is 236 g/mol. The number of likely N-dealkylation sites (N-methyl/N-ethyl adjacent to an activating group) is 1. The molecule has 0 bridgehead atoms. The molecule has 1 aromatic carbocycles. The molecule has 1 heterocycles. The lowest BCUT2D eigenvalue weighted by atomic mass is 9.92. The topological polar surface area (TPSA) is 37.0 Å². The molecule has 102 valence electrons. The Morgan fingerprint density at radius 3 is 2.63 bits per heavy atom. The van der Waals surface area contributed by atoms with Crippen molar-refractivity contribution in [3.8, 4) is 5.75 Å². The third-order valence-corrected chi connectivity index (χ3v) is 4.40. The molecular formula is C16H22N2O. The summed E-state index contributed by atoms with van der Waals surface area (Å²) < 4.78 is 5.43. The number of H-pyrrole nitrogens is 1. The Morgan fingerprint density at radius 2 is 2.05 bits per heavy atom. The van der Waals surface area contributed by atoms with E-state index in [2.05, 4.69) is 36.3 Å².